The summed E-state index contributed by atoms with van der Waals surface area (Å²) < 4.78 is 0. The van der Waals surface area contributed by atoms with Crippen LogP contribution in [0.2, 0.25) is 0 Å². The Morgan fingerprint density at radius 1 is 1.35 bits per heavy atom. The molecule has 3 unspecified atom stereocenters. The minimum atomic E-state index is 0.280. The highest BCUT2D eigenvalue weighted by Gasteiger charge is 2.59. The quantitative estimate of drug-likeness (QED) is 0.803. The lowest BCUT2D eigenvalue weighted by Crippen LogP contribution is -2.45. The number of anilines is 2. The van der Waals surface area contributed by atoms with Gasteiger partial charge in [0.25, 0.3) is 0 Å². The second-order valence-electron chi connectivity index (χ2n) is 7.37. The molecular weight excluding hydrogens is 246 g/mol. The van der Waals surface area contributed by atoms with Crippen molar-refractivity contribution >= 4 is 11.4 Å². The summed E-state index contributed by atoms with van der Waals surface area (Å²) in [5.74, 6) is 0.797. The van der Waals surface area contributed by atoms with Gasteiger partial charge in [-0.1, -0.05) is 26.8 Å². The van der Waals surface area contributed by atoms with Crippen molar-refractivity contribution in [2.45, 2.75) is 46.1 Å². The van der Waals surface area contributed by atoms with Gasteiger partial charge in [0.2, 0.25) is 0 Å². The molecule has 2 saturated carbocycles. The van der Waals surface area contributed by atoms with Crippen LogP contribution >= 0.6 is 0 Å². The van der Waals surface area contributed by atoms with Gasteiger partial charge in [0, 0.05) is 6.04 Å². The predicted molar refractivity (Wildman–Crippen MR) is 82.2 cm³/mol. The summed E-state index contributed by atoms with van der Waals surface area (Å²) in [7, 11) is 0. The van der Waals surface area contributed by atoms with Crippen molar-refractivity contribution in [3.8, 4) is 6.07 Å². The summed E-state index contributed by atoms with van der Waals surface area (Å²) in [4.78, 5) is 0. The maximum atomic E-state index is 9.10. The van der Waals surface area contributed by atoms with E-state index in [4.69, 9.17) is 11.0 Å². The first-order valence-electron chi connectivity index (χ1n) is 7.43. The molecule has 3 rings (SSSR count). The van der Waals surface area contributed by atoms with Gasteiger partial charge in [-0.15, -0.1) is 0 Å². The highest BCUT2D eigenvalue weighted by Crippen LogP contribution is 2.63. The predicted octanol–water partition coefficient (Wildman–Crippen LogP) is 3.77. The maximum Gasteiger partial charge on any atom is 0.101 e. The number of hydrogen-bond donors (Lipinski definition) is 2. The van der Waals surface area contributed by atoms with Crippen molar-refractivity contribution in [2.75, 3.05) is 11.1 Å². The van der Waals surface area contributed by atoms with Gasteiger partial charge in [0.05, 0.1) is 16.9 Å². The topological polar surface area (TPSA) is 61.8 Å². The molecule has 2 aliphatic carbocycles. The maximum absolute atomic E-state index is 9.10. The summed E-state index contributed by atoms with van der Waals surface area (Å²) in [6.45, 7) is 7.12. The van der Waals surface area contributed by atoms with Crippen LogP contribution in [0.1, 0.15) is 45.6 Å². The van der Waals surface area contributed by atoms with Crippen LogP contribution in [0, 0.1) is 28.1 Å². The summed E-state index contributed by atoms with van der Waals surface area (Å²) >= 11 is 0. The second-order valence-corrected chi connectivity index (χ2v) is 7.37. The summed E-state index contributed by atoms with van der Waals surface area (Å²) in [6, 6.07) is 8.24. The van der Waals surface area contributed by atoms with E-state index in [9.17, 15) is 0 Å². The Balaban J connectivity index is 1.94. The fraction of sp³-hybridized carbons (Fsp3) is 0.588. The number of nitrogens with zero attached hydrogens (tertiary/aromatic N) is 1. The van der Waals surface area contributed by atoms with E-state index in [1.54, 1.807) is 6.07 Å². The van der Waals surface area contributed by atoms with Crippen molar-refractivity contribution in [3.05, 3.63) is 23.8 Å². The summed E-state index contributed by atoms with van der Waals surface area (Å²) in [5.41, 5.74) is 8.80. The third-order valence-electron chi connectivity index (χ3n) is 5.80. The van der Waals surface area contributed by atoms with E-state index in [2.05, 4.69) is 32.2 Å². The number of fused-ring (bicyclic) bond motifs is 2. The molecule has 0 amide bonds. The van der Waals surface area contributed by atoms with Crippen molar-refractivity contribution in [1.29, 1.82) is 5.26 Å². The fourth-order valence-electron chi connectivity index (χ4n) is 4.61. The molecule has 1 aromatic rings. The monoisotopic (exact) mass is 269 g/mol. The third kappa shape index (κ3) is 1.71. The number of rotatable bonds is 2. The lowest BCUT2D eigenvalue weighted by atomic mass is 9.68. The van der Waals surface area contributed by atoms with Crippen LogP contribution in [0.4, 0.5) is 11.4 Å². The SMILES string of the molecule is CC12CCC(C1)C(C)(C)C2Nc1cccc(C#N)c1N. The second kappa shape index (κ2) is 4.15. The van der Waals surface area contributed by atoms with Gasteiger partial charge < -0.3 is 11.1 Å². The zero-order valence-corrected chi connectivity index (χ0v) is 12.5. The van der Waals surface area contributed by atoms with Crippen LogP contribution in [0.5, 0.6) is 0 Å². The number of nitrogens with one attached hydrogen (secondary N) is 1. The molecule has 0 aromatic heterocycles. The molecule has 2 aliphatic rings. The van der Waals surface area contributed by atoms with Crippen LogP contribution in [0.3, 0.4) is 0 Å². The molecule has 3 heteroatoms. The molecule has 2 bridgehead atoms. The van der Waals surface area contributed by atoms with E-state index < -0.39 is 0 Å². The first-order chi connectivity index (χ1) is 9.38. The number of nitrogen functional groups attached to an aromatic ring is 1. The van der Waals surface area contributed by atoms with E-state index in [-0.39, 0.29) is 5.41 Å². The van der Waals surface area contributed by atoms with E-state index in [0.717, 1.165) is 11.6 Å². The van der Waals surface area contributed by atoms with Gasteiger partial charge in [-0.3, -0.25) is 0 Å². The van der Waals surface area contributed by atoms with Crippen LogP contribution in [-0.4, -0.2) is 6.04 Å². The molecule has 3 atom stereocenters. The molecular formula is C17H23N3. The number of benzene rings is 1. The Bertz CT molecular complexity index is 580. The van der Waals surface area contributed by atoms with Crippen molar-refractivity contribution < 1.29 is 0 Å². The third-order valence-corrected chi connectivity index (χ3v) is 5.80. The Kier molecular flexibility index (Phi) is 2.76. The summed E-state index contributed by atoms with van der Waals surface area (Å²) in [5, 5.41) is 12.8. The molecule has 106 valence electrons. The number of para-hydroxylation sites is 1. The number of hydrogen-bond acceptors (Lipinski definition) is 3. The van der Waals surface area contributed by atoms with Gasteiger partial charge in [-0.05, 0) is 48.1 Å². The standard InChI is InChI=1S/C17H23N3/c1-16(2)12-7-8-17(3,9-12)15(16)20-13-6-4-5-11(10-18)14(13)19/h4-6,12,15,20H,7-9,19H2,1-3H3. The molecule has 3 N–H and O–H groups in total. The first kappa shape index (κ1) is 13.3. The average molecular weight is 269 g/mol. The number of nitrogens with two attached hydrogens (primary N) is 1. The average Bonchev–Trinajstić information content (AvgIpc) is 2.87. The molecule has 0 saturated heterocycles. The molecule has 2 fully saturated rings. The molecule has 20 heavy (non-hydrogen) atoms. The lowest BCUT2D eigenvalue weighted by molar-refractivity contribution is 0.155. The van der Waals surface area contributed by atoms with E-state index in [1.165, 1.54) is 19.3 Å². The smallest absolute Gasteiger partial charge is 0.101 e. The largest absolute Gasteiger partial charge is 0.396 e. The van der Waals surface area contributed by atoms with Crippen LogP contribution in [-0.2, 0) is 0 Å². The Hall–Kier alpha value is -1.69. The lowest BCUT2D eigenvalue weighted by Gasteiger charge is -2.43. The van der Waals surface area contributed by atoms with Gasteiger partial charge in [-0.25, -0.2) is 0 Å². The molecule has 1 aromatic carbocycles. The van der Waals surface area contributed by atoms with Gasteiger partial charge in [0.15, 0.2) is 0 Å². The molecule has 0 spiro atoms. The van der Waals surface area contributed by atoms with E-state index >= 15 is 0 Å². The highest BCUT2D eigenvalue weighted by molar-refractivity contribution is 5.73. The molecule has 0 radical (unpaired) electrons. The Morgan fingerprint density at radius 2 is 2.10 bits per heavy atom. The highest BCUT2D eigenvalue weighted by atomic mass is 15.0. The summed E-state index contributed by atoms with van der Waals surface area (Å²) in [6.07, 6.45) is 3.93. The van der Waals surface area contributed by atoms with Crippen molar-refractivity contribution in [1.82, 2.24) is 0 Å². The number of nitriles is 1. The molecule has 0 heterocycles. The minimum Gasteiger partial charge on any atom is -0.396 e. The van der Waals surface area contributed by atoms with Crippen LogP contribution in [0.15, 0.2) is 18.2 Å². The zero-order valence-electron chi connectivity index (χ0n) is 12.5. The van der Waals surface area contributed by atoms with Crippen molar-refractivity contribution in [2.24, 2.45) is 16.7 Å². The zero-order chi connectivity index (χ0) is 14.5. The van der Waals surface area contributed by atoms with Gasteiger partial charge in [-0.2, -0.15) is 5.26 Å². The Morgan fingerprint density at radius 3 is 2.70 bits per heavy atom. The minimum absolute atomic E-state index is 0.280. The van der Waals surface area contributed by atoms with Crippen molar-refractivity contribution in [3.63, 3.8) is 0 Å². The van der Waals surface area contributed by atoms with E-state index in [0.29, 0.717) is 22.7 Å². The molecule has 0 aliphatic heterocycles. The Labute approximate surface area is 121 Å². The first-order valence-corrected chi connectivity index (χ1v) is 7.43. The van der Waals surface area contributed by atoms with Gasteiger partial charge in [0.1, 0.15) is 6.07 Å². The normalized spacial score (nSPS) is 33.9. The molecule has 3 nitrogen and oxygen atoms in total. The van der Waals surface area contributed by atoms with E-state index in [1.807, 2.05) is 12.1 Å². The van der Waals surface area contributed by atoms with Gasteiger partial charge >= 0.3 is 0 Å². The van der Waals surface area contributed by atoms with Crippen LogP contribution in [0.25, 0.3) is 0 Å². The van der Waals surface area contributed by atoms with Crippen LogP contribution < -0.4 is 11.1 Å². The fourth-order valence-corrected chi connectivity index (χ4v) is 4.61.